The number of nitrogens with one attached hydrogen (secondary N) is 1. The van der Waals surface area contributed by atoms with Crippen LogP contribution in [0.3, 0.4) is 0 Å². The predicted octanol–water partition coefficient (Wildman–Crippen LogP) is 6.44. The molecule has 0 spiro atoms. The normalized spacial score (nSPS) is 14.8. The highest BCUT2D eigenvalue weighted by Gasteiger charge is 2.24. The van der Waals surface area contributed by atoms with Crippen molar-refractivity contribution in [3.05, 3.63) is 77.5 Å². The lowest BCUT2D eigenvalue weighted by molar-refractivity contribution is 0.462. The van der Waals surface area contributed by atoms with Gasteiger partial charge < -0.3 is 9.50 Å². The average molecular weight is 490 g/mol. The van der Waals surface area contributed by atoms with E-state index in [1.54, 1.807) is 26.0 Å². The van der Waals surface area contributed by atoms with E-state index >= 15 is 0 Å². The number of fused-ring (bicyclic) bond motifs is 1. The third-order valence-electron chi connectivity index (χ3n) is 6.64. The van der Waals surface area contributed by atoms with E-state index < -0.39 is 10.1 Å². The molecule has 0 bridgehead atoms. The zero-order chi connectivity index (χ0) is 24.6. The van der Waals surface area contributed by atoms with Crippen LogP contribution in [-0.4, -0.2) is 23.8 Å². The highest BCUT2D eigenvalue weighted by Crippen LogP contribution is 2.34. The minimum Gasteiger partial charge on any atom is -0.379 e. The van der Waals surface area contributed by atoms with Crippen molar-refractivity contribution >= 4 is 21.6 Å². The minimum atomic E-state index is -3.99. The molecule has 1 aliphatic rings. The molecule has 1 saturated carbocycles. The summed E-state index contributed by atoms with van der Waals surface area (Å²) in [6.45, 7) is 5.55. The number of pyridine rings is 1. The van der Waals surface area contributed by atoms with Gasteiger partial charge in [0.1, 0.15) is 27.8 Å². The number of rotatable bonds is 6. The molecular weight excluding hydrogens is 458 g/mol. The van der Waals surface area contributed by atoms with Crippen molar-refractivity contribution in [3.8, 4) is 17.0 Å². The van der Waals surface area contributed by atoms with Gasteiger partial charge in [0.25, 0.3) is 0 Å². The van der Waals surface area contributed by atoms with E-state index in [9.17, 15) is 8.42 Å². The van der Waals surface area contributed by atoms with E-state index in [0.717, 1.165) is 41.1 Å². The van der Waals surface area contributed by atoms with Crippen molar-refractivity contribution in [3.63, 3.8) is 0 Å². The maximum atomic E-state index is 13.2. The fourth-order valence-corrected chi connectivity index (χ4v) is 6.55. The van der Waals surface area contributed by atoms with Crippen LogP contribution in [-0.2, 0) is 10.1 Å². The van der Waals surface area contributed by atoms with E-state index in [1.165, 1.54) is 19.3 Å². The van der Waals surface area contributed by atoms with Crippen LogP contribution in [0.4, 0.5) is 5.82 Å². The van der Waals surface area contributed by atoms with Crippen molar-refractivity contribution in [1.29, 1.82) is 0 Å². The van der Waals surface area contributed by atoms with E-state index in [0.29, 0.717) is 17.2 Å². The van der Waals surface area contributed by atoms with Gasteiger partial charge in [0, 0.05) is 17.8 Å². The highest BCUT2D eigenvalue weighted by molar-refractivity contribution is 7.87. The zero-order valence-electron chi connectivity index (χ0n) is 20.4. The van der Waals surface area contributed by atoms with E-state index in [1.807, 2.05) is 55.6 Å². The molecule has 35 heavy (non-hydrogen) atoms. The van der Waals surface area contributed by atoms with Gasteiger partial charge >= 0.3 is 10.1 Å². The summed E-state index contributed by atoms with van der Waals surface area (Å²) in [6.07, 6.45) is 8.01. The van der Waals surface area contributed by atoms with Crippen LogP contribution in [0.2, 0.25) is 0 Å². The number of hydrogen-bond acceptors (Lipinski definition) is 5. The first kappa shape index (κ1) is 23.4. The van der Waals surface area contributed by atoms with Crippen LogP contribution in [0.5, 0.6) is 5.75 Å². The standard InChI is InChI=1S/C28H31N3O3S/c1-19-16-20(2)27(21(3)17-19)35(32,33)34-24-13-9-10-22(18-24)26-28(29-23-11-5-4-6-12-23)31-15-8-7-14-25(31)30-26/h7-10,13-18,23,29H,4-6,11-12H2,1-3H3. The molecule has 7 heteroatoms. The Hall–Kier alpha value is -3.32. The molecule has 182 valence electrons. The first-order chi connectivity index (χ1) is 16.8. The smallest absolute Gasteiger partial charge is 0.339 e. The van der Waals surface area contributed by atoms with Crippen LogP contribution >= 0.6 is 0 Å². The second kappa shape index (κ2) is 9.38. The summed E-state index contributed by atoms with van der Waals surface area (Å²) in [5.74, 6) is 1.19. The summed E-state index contributed by atoms with van der Waals surface area (Å²) in [7, 11) is -3.99. The summed E-state index contributed by atoms with van der Waals surface area (Å²) >= 11 is 0. The van der Waals surface area contributed by atoms with Crippen LogP contribution in [0.15, 0.2) is 65.7 Å². The molecule has 2 heterocycles. The number of aromatic nitrogens is 2. The predicted molar refractivity (Wildman–Crippen MR) is 140 cm³/mol. The SMILES string of the molecule is Cc1cc(C)c(S(=O)(=O)Oc2cccc(-c3nc4ccccn4c3NC3CCCCC3)c2)c(C)c1. The Kier molecular flexibility index (Phi) is 6.28. The first-order valence-electron chi connectivity index (χ1n) is 12.2. The molecule has 1 aliphatic carbocycles. The summed E-state index contributed by atoms with van der Waals surface area (Å²) in [4.78, 5) is 5.10. The Morgan fingerprint density at radius 3 is 2.43 bits per heavy atom. The fourth-order valence-electron chi connectivity index (χ4n) is 5.20. The molecule has 0 aliphatic heterocycles. The number of imidazole rings is 1. The Balaban J connectivity index is 1.52. The summed E-state index contributed by atoms with van der Waals surface area (Å²) < 4.78 is 34.1. The van der Waals surface area contributed by atoms with Crippen LogP contribution < -0.4 is 9.50 Å². The summed E-state index contributed by atoms with van der Waals surface area (Å²) in [5.41, 5.74) is 4.80. The van der Waals surface area contributed by atoms with Crippen LogP contribution in [0.1, 0.15) is 48.8 Å². The number of nitrogens with zero attached hydrogens (tertiary/aromatic N) is 2. The number of benzene rings is 2. The Labute approximate surface area is 207 Å². The molecule has 2 aromatic carbocycles. The van der Waals surface area contributed by atoms with Crippen molar-refractivity contribution in [2.45, 2.75) is 63.8 Å². The molecule has 1 N–H and O–H groups in total. The first-order valence-corrected chi connectivity index (χ1v) is 13.6. The molecule has 0 radical (unpaired) electrons. The molecular formula is C28H31N3O3S. The third kappa shape index (κ3) is 4.78. The zero-order valence-corrected chi connectivity index (χ0v) is 21.2. The number of anilines is 1. The van der Waals surface area contributed by atoms with Gasteiger partial charge in [-0.3, -0.25) is 4.40 Å². The second-order valence-electron chi connectivity index (χ2n) is 9.51. The molecule has 2 aromatic heterocycles. The van der Waals surface area contributed by atoms with Crippen molar-refractivity contribution in [1.82, 2.24) is 9.38 Å². The van der Waals surface area contributed by atoms with Crippen molar-refractivity contribution in [2.75, 3.05) is 5.32 Å². The van der Waals surface area contributed by atoms with E-state index in [2.05, 4.69) is 9.72 Å². The molecule has 0 atom stereocenters. The van der Waals surface area contributed by atoms with Gasteiger partial charge in [0.15, 0.2) is 0 Å². The lowest BCUT2D eigenvalue weighted by Gasteiger charge is -2.24. The van der Waals surface area contributed by atoms with Gasteiger partial charge in [-0.15, -0.1) is 0 Å². The monoisotopic (exact) mass is 489 g/mol. The van der Waals surface area contributed by atoms with Crippen LogP contribution in [0, 0.1) is 20.8 Å². The van der Waals surface area contributed by atoms with Gasteiger partial charge in [-0.2, -0.15) is 8.42 Å². The topological polar surface area (TPSA) is 72.7 Å². The van der Waals surface area contributed by atoms with Crippen molar-refractivity contribution < 1.29 is 12.6 Å². The largest absolute Gasteiger partial charge is 0.379 e. The molecule has 0 amide bonds. The lowest BCUT2D eigenvalue weighted by Crippen LogP contribution is -2.23. The average Bonchev–Trinajstić information content (AvgIpc) is 3.17. The van der Waals surface area contributed by atoms with E-state index in [4.69, 9.17) is 9.17 Å². The molecule has 0 unspecified atom stereocenters. The second-order valence-corrected chi connectivity index (χ2v) is 11.0. The maximum Gasteiger partial charge on any atom is 0.339 e. The minimum absolute atomic E-state index is 0.223. The highest BCUT2D eigenvalue weighted by atomic mass is 32.2. The lowest BCUT2D eigenvalue weighted by atomic mass is 9.95. The Morgan fingerprint density at radius 2 is 1.69 bits per heavy atom. The van der Waals surface area contributed by atoms with Gasteiger partial charge in [0.05, 0.1) is 0 Å². The number of aryl methyl sites for hydroxylation is 3. The fraction of sp³-hybridized carbons (Fsp3) is 0.321. The Bertz CT molecular complexity index is 1460. The molecule has 6 nitrogen and oxygen atoms in total. The van der Waals surface area contributed by atoms with Gasteiger partial charge in [-0.1, -0.05) is 55.2 Å². The molecule has 1 fully saturated rings. The van der Waals surface area contributed by atoms with Crippen LogP contribution in [0.25, 0.3) is 16.9 Å². The maximum absolute atomic E-state index is 13.2. The van der Waals surface area contributed by atoms with Gasteiger partial charge in [-0.05, 0) is 69.0 Å². The third-order valence-corrected chi connectivity index (χ3v) is 8.20. The van der Waals surface area contributed by atoms with Gasteiger partial charge in [0.2, 0.25) is 0 Å². The number of hydrogen-bond donors (Lipinski definition) is 1. The van der Waals surface area contributed by atoms with Crippen molar-refractivity contribution in [2.24, 2.45) is 0 Å². The molecule has 5 rings (SSSR count). The van der Waals surface area contributed by atoms with Gasteiger partial charge in [-0.25, -0.2) is 4.98 Å². The molecule has 4 aromatic rings. The Morgan fingerprint density at radius 1 is 0.943 bits per heavy atom. The van der Waals surface area contributed by atoms with E-state index in [-0.39, 0.29) is 10.6 Å². The quantitative estimate of drug-likeness (QED) is 0.316. The molecule has 0 saturated heterocycles. The summed E-state index contributed by atoms with van der Waals surface area (Å²) in [5, 5.41) is 3.73. The summed E-state index contributed by atoms with van der Waals surface area (Å²) in [6, 6.07) is 17.2.